The molecule has 1 heterocycles. The van der Waals surface area contributed by atoms with Crippen LogP contribution in [0.1, 0.15) is 46.3 Å². The molecule has 4 aromatic rings. The lowest BCUT2D eigenvalue weighted by atomic mass is 9.90. The Labute approximate surface area is 258 Å². The lowest BCUT2D eigenvalue weighted by Gasteiger charge is -2.32. The number of ketones is 1. The van der Waals surface area contributed by atoms with Gasteiger partial charge in [-0.05, 0) is 73.1 Å². The van der Waals surface area contributed by atoms with Crippen LogP contribution in [-0.4, -0.2) is 42.9 Å². The first-order chi connectivity index (χ1) is 21.5. The van der Waals surface area contributed by atoms with Gasteiger partial charge >= 0.3 is 0 Å². The van der Waals surface area contributed by atoms with E-state index in [1.807, 2.05) is 53.4 Å². The standard InChI is InChI=1S/C38H34N2O4/c1-2-23-43-34-10-6-7-29(24-34)12-11-28-19-21-40(22-20-28)37(41)27-44-36-18-13-30(26-39)25-35(36)31-14-16-33(17-15-31)38(42)32-8-4-3-5-9-32/h1,3-10,13-18,24-25,28H,11-12,19-23,27H2. The molecule has 0 radical (unpaired) electrons. The maximum absolute atomic E-state index is 13.1. The van der Waals surface area contributed by atoms with Gasteiger partial charge in [0.2, 0.25) is 0 Å². The van der Waals surface area contributed by atoms with Crippen LogP contribution in [0.25, 0.3) is 11.1 Å². The Morgan fingerprint density at radius 2 is 1.61 bits per heavy atom. The molecule has 1 aliphatic rings. The number of hydrogen-bond acceptors (Lipinski definition) is 5. The molecule has 6 nitrogen and oxygen atoms in total. The average molecular weight is 583 g/mol. The predicted molar refractivity (Wildman–Crippen MR) is 170 cm³/mol. The van der Waals surface area contributed by atoms with E-state index in [-0.39, 0.29) is 24.9 Å². The summed E-state index contributed by atoms with van der Waals surface area (Å²) in [5, 5.41) is 9.49. The Hall–Kier alpha value is -5.33. The summed E-state index contributed by atoms with van der Waals surface area (Å²) < 4.78 is 11.6. The third-order valence-corrected chi connectivity index (χ3v) is 7.98. The smallest absolute Gasteiger partial charge is 0.260 e. The van der Waals surface area contributed by atoms with Gasteiger partial charge in [-0.1, -0.05) is 72.7 Å². The molecular formula is C38H34N2O4. The molecule has 0 aliphatic carbocycles. The zero-order chi connectivity index (χ0) is 30.7. The topological polar surface area (TPSA) is 79.6 Å². The number of nitriles is 1. The Morgan fingerprint density at radius 1 is 0.864 bits per heavy atom. The largest absolute Gasteiger partial charge is 0.483 e. The van der Waals surface area contributed by atoms with Crippen LogP contribution in [0.15, 0.2) is 97.1 Å². The molecule has 0 saturated carbocycles. The van der Waals surface area contributed by atoms with E-state index < -0.39 is 0 Å². The maximum atomic E-state index is 13.1. The summed E-state index contributed by atoms with van der Waals surface area (Å²) in [6, 6.07) is 31.7. The molecule has 6 heteroatoms. The van der Waals surface area contributed by atoms with Crippen LogP contribution < -0.4 is 9.47 Å². The van der Waals surface area contributed by atoms with Crippen LogP contribution in [0.4, 0.5) is 0 Å². The minimum Gasteiger partial charge on any atom is -0.483 e. The minimum atomic E-state index is -0.0847. The normalized spacial score (nSPS) is 13.0. The van der Waals surface area contributed by atoms with Crippen LogP contribution in [-0.2, 0) is 11.2 Å². The summed E-state index contributed by atoms with van der Waals surface area (Å²) in [5.74, 6) is 4.24. The van der Waals surface area contributed by atoms with Gasteiger partial charge in [0.1, 0.15) is 18.1 Å². The van der Waals surface area contributed by atoms with Crippen molar-refractivity contribution in [3.8, 4) is 41.0 Å². The molecule has 0 N–H and O–H groups in total. The number of nitrogens with zero attached hydrogens (tertiary/aromatic N) is 2. The molecule has 5 rings (SSSR count). The van der Waals surface area contributed by atoms with Crippen molar-refractivity contribution in [2.45, 2.75) is 25.7 Å². The number of likely N-dealkylation sites (tertiary alicyclic amines) is 1. The van der Waals surface area contributed by atoms with Crippen molar-refractivity contribution in [2.24, 2.45) is 5.92 Å². The Morgan fingerprint density at radius 3 is 2.34 bits per heavy atom. The van der Waals surface area contributed by atoms with Crippen LogP contribution in [0.5, 0.6) is 11.5 Å². The molecule has 0 unspecified atom stereocenters. The molecule has 0 spiro atoms. The van der Waals surface area contributed by atoms with Crippen molar-refractivity contribution in [3.05, 3.63) is 119 Å². The molecule has 4 aromatic carbocycles. The second-order valence-corrected chi connectivity index (χ2v) is 10.9. The van der Waals surface area contributed by atoms with E-state index in [0.717, 1.165) is 37.0 Å². The number of aryl methyl sites for hydroxylation is 1. The first kappa shape index (κ1) is 30.1. The van der Waals surface area contributed by atoms with Crippen LogP contribution in [0.2, 0.25) is 0 Å². The van der Waals surface area contributed by atoms with E-state index in [4.69, 9.17) is 15.9 Å². The van der Waals surface area contributed by atoms with Crippen molar-refractivity contribution in [1.29, 1.82) is 5.26 Å². The summed E-state index contributed by atoms with van der Waals surface area (Å²) >= 11 is 0. The van der Waals surface area contributed by atoms with Crippen LogP contribution in [0, 0.1) is 29.6 Å². The van der Waals surface area contributed by atoms with Gasteiger partial charge in [-0.3, -0.25) is 9.59 Å². The summed E-state index contributed by atoms with van der Waals surface area (Å²) in [4.78, 5) is 27.8. The Kier molecular flexibility index (Phi) is 10.1. The van der Waals surface area contributed by atoms with E-state index in [1.165, 1.54) is 5.56 Å². The molecule has 1 amide bonds. The van der Waals surface area contributed by atoms with Gasteiger partial charge in [-0.15, -0.1) is 6.42 Å². The molecule has 1 fully saturated rings. The summed E-state index contributed by atoms with van der Waals surface area (Å²) in [7, 11) is 0. The van der Waals surface area contributed by atoms with E-state index in [1.54, 1.807) is 42.5 Å². The van der Waals surface area contributed by atoms with E-state index in [2.05, 4.69) is 18.1 Å². The zero-order valence-electron chi connectivity index (χ0n) is 24.6. The second kappa shape index (κ2) is 14.7. The third kappa shape index (κ3) is 7.73. The highest BCUT2D eigenvalue weighted by atomic mass is 16.5. The summed E-state index contributed by atoms with van der Waals surface area (Å²) in [6.45, 7) is 1.58. The van der Waals surface area contributed by atoms with Crippen molar-refractivity contribution in [3.63, 3.8) is 0 Å². The monoisotopic (exact) mass is 582 g/mol. The van der Waals surface area contributed by atoms with Gasteiger partial charge in [-0.2, -0.15) is 5.26 Å². The van der Waals surface area contributed by atoms with E-state index in [9.17, 15) is 14.9 Å². The first-order valence-electron chi connectivity index (χ1n) is 14.8. The number of ether oxygens (including phenoxy) is 2. The summed E-state index contributed by atoms with van der Waals surface area (Å²) in [5.41, 5.74) is 4.39. The highest BCUT2D eigenvalue weighted by Gasteiger charge is 2.23. The van der Waals surface area contributed by atoms with E-state index in [0.29, 0.717) is 47.0 Å². The average Bonchev–Trinajstić information content (AvgIpc) is 3.09. The SMILES string of the molecule is C#CCOc1cccc(CCC2CCN(C(=O)COc3ccc(C#N)cc3-c3ccc(C(=O)c4ccccc4)cc3)CC2)c1. The van der Waals surface area contributed by atoms with Crippen molar-refractivity contribution in [2.75, 3.05) is 26.3 Å². The molecule has 0 aromatic heterocycles. The van der Waals surface area contributed by atoms with Crippen molar-refractivity contribution in [1.82, 2.24) is 4.90 Å². The number of piperidine rings is 1. The van der Waals surface area contributed by atoms with Crippen LogP contribution >= 0.6 is 0 Å². The van der Waals surface area contributed by atoms with E-state index >= 15 is 0 Å². The number of amides is 1. The maximum Gasteiger partial charge on any atom is 0.260 e. The molecule has 44 heavy (non-hydrogen) atoms. The Balaban J connectivity index is 1.16. The third-order valence-electron chi connectivity index (χ3n) is 7.98. The number of benzene rings is 4. The first-order valence-corrected chi connectivity index (χ1v) is 14.8. The highest BCUT2D eigenvalue weighted by molar-refractivity contribution is 6.09. The number of hydrogen-bond donors (Lipinski definition) is 0. The second-order valence-electron chi connectivity index (χ2n) is 10.9. The molecule has 1 aliphatic heterocycles. The van der Waals surface area contributed by atoms with Gasteiger partial charge in [0.25, 0.3) is 5.91 Å². The fourth-order valence-electron chi connectivity index (χ4n) is 5.50. The van der Waals surface area contributed by atoms with Gasteiger partial charge in [0, 0.05) is 29.8 Å². The Bertz CT molecular complexity index is 1670. The fourth-order valence-corrected chi connectivity index (χ4v) is 5.50. The molecule has 0 bridgehead atoms. The lowest BCUT2D eigenvalue weighted by molar-refractivity contribution is -0.134. The fraction of sp³-hybridized carbons (Fsp3) is 0.237. The van der Waals surface area contributed by atoms with Gasteiger partial charge in [0.15, 0.2) is 12.4 Å². The molecule has 0 atom stereocenters. The minimum absolute atomic E-state index is 0.0547. The molecule has 1 saturated heterocycles. The van der Waals surface area contributed by atoms with Gasteiger partial charge in [-0.25, -0.2) is 0 Å². The number of terminal acetylenes is 1. The zero-order valence-corrected chi connectivity index (χ0v) is 24.6. The lowest BCUT2D eigenvalue weighted by Crippen LogP contribution is -2.41. The number of carbonyl (C=O) groups excluding carboxylic acids is 2. The summed E-state index contributed by atoms with van der Waals surface area (Å²) in [6.07, 6.45) is 9.21. The van der Waals surface area contributed by atoms with Crippen molar-refractivity contribution < 1.29 is 19.1 Å². The number of rotatable bonds is 11. The van der Waals surface area contributed by atoms with Gasteiger partial charge in [0.05, 0.1) is 11.6 Å². The quantitative estimate of drug-likeness (QED) is 0.145. The van der Waals surface area contributed by atoms with Crippen molar-refractivity contribution >= 4 is 11.7 Å². The predicted octanol–water partition coefficient (Wildman–Crippen LogP) is 6.72. The highest BCUT2D eigenvalue weighted by Crippen LogP contribution is 2.32. The van der Waals surface area contributed by atoms with Crippen LogP contribution in [0.3, 0.4) is 0 Å². The molecular weight excluding hydrogens is 548 g/mol. The molecule has 220 valence electrons. The number of carbonyl (C=O) groups is 2. The van der Waals surface area contributed by atoms with Gasteiger partial charge < -0.3 is 14.4 Å².